The molecule has 3 heterocycles. The van der Waals surface area contributed by atoms with Crippen LogP contribution in [-0.4, -0.2) is 34.2 Å². The van der Waals surface area contributed by atoms with Crippen molar-refractivity contribution >= 4 is 39.9 Å². The second kappa shape index (κ2) is 9.13. The normalized spacial score (nSPS) is 13.2. The van der Waals surface area contributed by atoms with Crippen molar-refractivity contribution in [1.29, 1.82) is 0 Å². The van der Waals surface area contributed by atoms with Crippen LogP contribution in [0.3, 0.4) is 0 Å². The zero-order valence-corrected chi connectivity index (χ0v) is 19.8. The summed E-state index contributed by atoms with van der Waals surface area (Å²) in [5, 5.41) is 1.37. The predicted octanol–water partition coefficient (Wildman–Crippen LogP) is 4.95. The van der Waals surface area contributed by atoms with Crippen LogP contribution < -0.4 is 4.74 Å². The zero-order chi connectivity index (χ0) is 22.9. The maximum atomic E-state index is 12.6. The molecule has 1 aliphatic rings. The van der Waals surface area contributed by atoms with Crippen LogP contribution >= 0.6 is 22.9 Å². The van der Waals surface area contributed by atoms with Crippen LogP contribution in [0.25, 0.3) is 21.6 Å². The Morgan fingerprint density at radius 1 is 1.24 bits per heavy atom. The van der Waals surface area contributed by atoms with Crippen LogP contribution in [0.2, 0.25) is 5.02 Å². The van der Waals surface area contributed by atoms with Gasteiger partial charge in [-0.1, -0.05) is 17.7 Å². The lowest BCUT2D eigenvalue weighted by molar-refractivity contribution is -0.144. The molecular weight excluding hydrogens is 462 g/mol. The summed E-state index contributed by atoms with van der Waals surface area (Å²) >= 11 is 7.52. The maximum Gasteiger partial charge on any atom is 0.311 e. The van der Waals surface area contributed by atoms with Crippen molar-refractivity contribution in [2.75, 3.05) is 13.7 Å². The molecule has 2 aromatic carbocycles. The first-order valence-electron chi connectivity index (χ1n) is 10.5. The number of carbonyl (C=O) groups is 1. The van der Waals surface area contributed by atoms with E-state index in [1.54, 1.807) is 19.2 Å². The summed E-state index contributed by atoms with van der Waals surface area (Å²) in [7, 11) is 1.60. The SMILES string of the molecule is COc1cc(Cl)ccc1-c1nc(C)c(CC(=O)OCc2ccc3c(c2)nc2n3CCOC2)s1. The summed E-state index contributed by atoms with van der Waals surface area (Å²) in [6.07, 6.45) is 0.164. The maximum absolute atomic E-state index is 12.6. The van der Waals surface area contributed by atoms with Gasteiger partial charge in [-0.3, -0.25) is 4.79 Å². The number of methoxy groups -OCH3 is 1. The number of ether oxygens (including phenoxy) is 3. The Bertz CT molecular complexity index is 1350. The molecule has 0 spiro atoms. The van der Waals surface area contributed by atoms with Gasteiger partial charge in [-0.2, -0.15) is 0 Å². The molecule has 0 aliphatic carbocycles. The molecule has 0 atom stereocenters. The highest BCUT2D eigenvalue weighted by molar-refractivity contribution is 7.15. The fourth-order valence-electron chi connectivity index (χ4n) is 3.89. The number of esters is 1. The molecule has 9 heteroatoms. The summed E-state index contributed by atoms with van der Waals surface area (Å²) in [5.41, 5.74) is 4.52. The first-order chi connectivity index (χ1) is 16.0. The number of halogens is 1. The van der Waals surface area contributed by atoms with Crippen molar-refractivity contribution in [2.24, 2.45) is 0 Å². The lowest BCUT2D eigenvalue weighted by Crippen LogP contribution is -2.16. The molecule has 0 saturated heterocycles. The third-order valence-electron chi connectivity index (χ3n) is 5.57. The van der Waals surface area contributed by atoms with Gasteiger partial charge in [0, 0.05) is 16.4 Å². The highest BCUT2D eigenvalue weighted by Crippen LogP contribution is 2.36. The third-order valence-corrected chi connectivity index (χ3v) is 7.00. The lowest BCUT2D eigenvalue weighted by Gasteiger charge is -2.14. The van der Waals surface area contributed by atoms with Crippen LogP contribution in [-0.2, 0) is 40.4 Å². The summed E-state index contributed by atoms with van der Waals surface area (Å²) in [4.78, 5) is 22.7. The van der Waals surface area contributed by atoms with Crippen molar-refractivity contribution in [3.05, 3.63) is 63.4 Å². The molecule has 33 heavy (non-hydrogen) atoms. The number of aryl methyl sites for hydroxylation is 1. The quantitative estimate of drug-likeness (QED) is 0.361. The number of aromatic nitrogens is 3. The third kappa shape index (κ3) is 4.46. The van der Waals surface area contributed by atoms with Crippen molar-refractivity contribution in [3.63, 3.8) is 0 Å². The molecule has 1 aliphatic heterocycles. The molecule has 0 radical (unpaired) electrons. The van der Waals surface area contributed by atoms with Crippen LogP contribution in [0.4, 0.5) is 0 Å². The number of carbonyl (C=O) groups excluding carboxylic acids is 1. The Morgan fingerprint density at radius 2 is 2.12 bits per heavy atom. The molecule has 170 valence electrons. The van der Waals surface area contributed by atoms with Crippen molar-refractivity contribution in [2.45, 2.75) is 33.1 Å². The van der Waals surface area contributed by atoms with Crippen molar-refractivity contribution in [1.82, 2.24) is 14.5 Å². The van der Waals surface area contributed by atoms with E-state index in [0.29, 0.717) is 24.0 Å². The largest absolute Gasteiger partial charge is 0.496 e. The van der Waals surface area contributed by atoms with Gasteiger partial charge in [0.05, 0.1) is 42.4 Å². The summed E-state index contributed by atoms with van der Waals surface area (Å²) in [5.74, 6) is 1.28. The molecule has 0 N–H and O–H groups in total. The molecule has 7 nitrogen and oxygen atoms in total. The molecule has 4 aromatic rings. The van der Waals surface area contributed by atoms with Gasteiger partial charge in [0.15, 0.2) is 0 Å². The van der Waals surface area contributed by atoms with E-state index in [-0.39, 0.29) is 19.0 Å². The lowest BCUT2D eigenvalue weighted by atomic mass is 10.2. The molecular formula is C24H22ClN3O4S. The zero-order valence-electron chi connectivity index (χ0n) is 18.3. The Balaban J connectivity index is 1.26. The summed E-state index contributed by atoms with van der Waals surface area (Å²) < 4.78 is 18.6. The number of thiazole rings is 1. The fourth-order valence-corrected chi connectivity index (χ4v) is 5.13. The van der Waals surface area contributed by atoms with Crippen molar-refractivity contribution < 1.29 is 19.0 Å². The minimum atomic E-state index is -0.297. The van der Waals surface area contributed by atoms with E-state index in [1.807, 2.05) is 31.2 Å². The Kier molecular flexibility index (Phi) is 6.05. The van der Waals surface area contributed by atoms with Crippen molar-refractivity contribution in [3.8, 4) is 16.3 Å². The van der Waals surface area contributed by atoms with E-state index in [9.17, 15) is 4.79 Å². The van der Waals surface area contributed by atoms with Gasteiger partial charge in [-0.15, -0.1) is 11.3 Å². The fraction of sp³-hybridized carbons (Fsp3) is 0.292. The van der Waals surface area contributed by atoms with E-state index >= 15 is 0 Å². The number of rotatable bonds is 6. The molecule has 0 unspecified atom stereocenters. The Labute approximate surface area is 199 Å². The topological polar surface area (TPSA) is 75.5 Å². The highest BCUT2D eigenvalue weighted by Gasteiger charge is 2.18. The van der Waals surface area contributed by atoms with Crippen LogP contribution in [0.15, 0.2) is 36.4 Å². The number of imidazole rings is 1. The monoisotopic (exact) mass is 483 g/mol. The van der Waals surface area contributed by atoms with Gasteiger partial charge in [-0.25, -0.2) is 9.97 Å². The summed E-state index contributed by atoms with van der Waals surface area (Å²) in [6.45, 7) is 4.11. The standard InChI is InChI=1S/C24H22ClN3O4S/c1-14-21(33-24(26-14)17-5-4-16(25)10-20(17)30-2)11-23(29)32-12-15-3-6-19-18(9-15)27-22-13-31-8-7-28(19)22/h3-6,9-10H,7-8,11-13H2,1-2H3. The van der Waals surface area contributed by atoms with E-state index in [4.69, 9.17) is 25.8 Å². The number of hydrogen-bond donors (Lipinski definition) is 0. The number of hydrogen-bond acceptors (Lipinski definition) is 7. The van der Waals surface area contributed by atoms with E-state index in [1.165, 1.54) is 11.3 Å². The van der Waals surface area contributed by atoms with Gasteiger partial charge < -0.3 is 18.8 Å². The minimum Gasteiger partial charge on any atom is -0.496 e. The second-order valence-electron chi connectivity index (χ2n) is 7.76. The van der Waals surface area contributed by atoms with E-state index < -0.39 is 0 Å². The summed E-state index contributed by atoms with van der Waals surface area (Å²) in [6, 6.07) is 11.4. The average molecular weight is 484 g/mol. The Hall–Kier alpha value is -2.94. The van der Waals surface area contributed by atoms with Gasteiger partial charge in [0.2, 0.25) is 0 Å². The second-order valence-corrected chi connectivity index (χ2v) is 9.29. The smallest absolute Gasteiger partial charge is 0.311 e. The predicted molar refractivity (Wildman–Crippen MR) is 127 cm³/mol. The molecule has 0 saturated carbocycles. The average Bonchev–Trinajstić information content (AvgIpc) is 3.37. The molecule has 0 amide bonds. The minimum absolute atomic E-state index is 0.164. The van der Waals surface area contributed by atoms with Crippen LogP contribution in [0.5, 0.6) is 5.75 Å². The molecule has 0 bridgehead atoms. The highest BCUT2D eigenvalue weighted by atomic mass is 35.5. The number of benzene rings is 2. The van der Waals surface area contributed by atoms with Gasteiger partial charge in [0.25, 0.3) is 0 Å². The van der Waals surface area contributed by atoms with E-state index in [2.05, 4.69) is 14.5 Å². The van der Waals surface area contributed by atoms with Gasteiger partial charge in [-0.05, 0) is 42.8 Å². The van der Waals surface area contributed by atoms with E-state index in [0.717, 1.165) is 50.1 Å². The van der Waals surface area contributed by atoms with Gasteiger partial charge in [0.1, 0.15) is 29.8 Å². The molecule has 5 rings (SSSR count). The molecule has 0 fully saturated rings. The number of nitrogens with zero attached hydrogens (tertiary/aromatic N) is 3. The van der Waals surface area contributed by atoms with Gasteiger partial charge >= 0.3 is 5.97 Å². The Morgan fingerprint density at radius 3 is 2.97 bits per heavy atom. The number of fused-ring (bicyclic) bond motifs is 3. The first kappa shape index (κ1) is 21.9. The van der Waals surface area contributed by atoms with Crippen LogP contribution in [0.1, 0.15) is 22.0 Å². The molecule has 2 aromatic heterocycles. The van der Waals surface area contributed by atoms with Crippen LogP contribution in [0, 0.1) is 6.92 Å². The first-order valence-corrected chi connectivity index (χ1v) is 11.7.